The van der Waals surface area contributed by atoms with Crippen LogP contribution in [-0.2, 0) is 11.2 Å². The number of hydrogen-bond donors (Lipinski definition) is 2. The minimum absolute atomic E-state index is 0.0899. The summed E-state index contributed by atoms with van der Waals surface area (Å²) in [6.07, 6.45) is 18.3. The van der Waals surface area contributed by atoms with E-state index >= 15 is 0 Å². The van der Waals surface area contributed by atoms with Crippen LogP contribution in [0.3, 0.4) is 0 Å². The van der Waals surface area contributed by atoms with Crippen LogP contribution in [0.15, 0.2) is 18.2 Å². The number of thioether (sulfide) groups is 1. The van der Waals surface area contributed by atoms with Gasteiger partial charge in [-0.25, -0.2) is 0 Å². The van der Waals surface area contributed by atoms with Crippen molar-refractivity contribution in [1.29, 1.82) is 0 Å². The number of carbonyl (C=O) groups is 1. The molecule has 39 heavy (non-hydrogen) atoms. The normalized spacial score (nSPS) is 29.5. The summed E-state index contributed by atoms with van der Waals surface area (Å²) in [5, 5.41) is 21.7. The third kappa shape index (κ3) is 7.56. The van der Waals surface area contributed by atoms with Gasteiger partial charge in [0.2, 0.25) is 5.91 Å². The summed E-state index contributed by atoms with van der Waals surface area (Å²) >= 11 is 2.19. The van der Waals surface area contributed by atoms with Gasteiger partial charge in [-0.2, -0.15) is 11.8 Å². The van der Waals surface area contributed by atoms with E-state index in [0.29, 0.717) is 41.1 Å². The van der Waals surface area contributed by atoms with Crippen molar-refractivity contribution in [2.45, 2.75) is 134 Å². The van der Waals surface area contributed by atoms with Crippen molar-refractivity contribution < 1.29 is 15.0 Å². The highest BCUT2D eigenvalue weighted by Gasteiger charge is 2.56. The lowest BCUT2D eigenvalue weighted by molar-refractivity contribution is -0.130. The largest absolute Gasteiger partial charge is 0.508 e. The van der Waals surface area contributed by atoms with Gasteiger partial charge in [0.15, 0.2) is 0 Å². The number of hydrogen-bond acceptors (Lipinski definition) is 4. The van der Waals surface area contributed by atoms with E-state index < -0.39 is 0 Å². The molecular formula is C34H55NO3S. The SMILES string of the molecule is CCCCN(C)C(=O)CCCCCCCCCCS[C@@H]1Cc2cc(O)ccc2C2CC[C@@]3(C)C(CC[C@@H]3O)C21. The van der Waals surface area contributed by atoms with E-state index in [1.165, 1.54) is 74.7 Å². The molecule has 0 aliphatic heterocycles. The van der Waals surface area contributed by atoms with Crippen LogP contribution in [0.4, 0.5) is 0 Å². The van der Waals surface area contributed by atoms with Crippen molar-refractivity contribution in [1.82, 2.24) is 4.90 Å². The third-order valence-electron chi connectivity index (χ3n) is 10.5. The van der Waals surface area contributed by atoms with Gasteiger partial charge in [0.1, 0.15) is 5.75 Å². The number of rotatable bonds is 15. The summed E-state index contributed by atoms with van der Waals surface area (Å²) in [5.74, 6) is 3.80. The molecule has 4 nitrogen and oxygen atoms in total. The second-order valence-corrected chi connectivity index (χ2v) is 14.5. The third-order valence-corrected chi connectivity index (χ3v) is 12.0. The molecule has 0 radical (unpaired) electrons. The number of nitrogens with zero attached hydrogens (tertiary/aromatic N) is 1. The van der Waals surface area contributed by atoms with Gasteiger partial charge < -0.3 is 15.1 Å². The van der Waals surface area contributed by atoms with Crippen molar-refractivity contribution in [3.05, 3.63) is 29.3 Å². The number of fused-ring (bicyclic) bond motifs is 5. The molecule has 0 bridgehead atoms. The van der Waals surface area contributed by atoms with E-state index in [1.807, 2.05) is 24.1 Å². The van der Waals surface area contributed by atoms with Crippen molar-refractivity contribution >= 4 is 17.7 Å². The zero-order valence-electron chi connectivity index (χ0n) is 25.0. The number of phenolic OH excluding ortho intramolecular Hbond substituents is 1. The minimum atomic E-state index is -0.136. The predicted molar refractivity (Wildman–Crippen MR) is 164 cm³/mol. The molecule has 0 aromatic heterocycles. The molecule has 220 valence electrons. The number of amides is 1. The van der Waals surface area contributed by atoms with E-state index in [9.17, 15) is 15.0 Å². The smallest absolute Gasteiger partial charge is 0.222 e. The van der Waals surface area contributed by atoms with Crippen LogP contribution in [0.5, 0.6) is 5.75 Å². The van der Waals surface area contributed by atoms with Crippen LogP contribution >= 0.6 is 11.8 Å². The first-order valence-electron chi connectivity index (χ1n) is 16.2. The predicted octanol–water partition coefficient (Wildman–Crippen LogP) is 8.09. The van der Waals surface area contributed by atoms with Crippen LogP contribution in [0.25, 0.3) is 0 Å². The first kappa shape index (κ1) is 30.8. The lowest BCUT2D eigenvalue weighted by Crippen LogP contribution is -2.48. The standard InChI is InChI=1S/C34H55NO3S/c1-4-5-21-35(3)32(38)14-12-10-8-6-7-9-11-13-22-39-30-24-25-23-26(36)15-16-27(25)28-19-20-34(2)29(33(28)30)17-18-31(34)37/h15-16,23,28-31,33,36-37H,4-14,17-22,24H2,1-3H3/t28?,29?,30-,31+,33?,34+/m1/s1. The van der Waals surface area contributed by atoms with Gasteiger partial charge in [-0.15, -0.1) is 0 Å². The summed E-state index contributed by atoms with van der Waals surface area (Å²) < 4.78 is 0. The molecule has 1 aromatic rings. The van der Waals surface area contributed by atoms with E-state index in [4.69, 9.17) is 0 Å². The van der Waals surface area contributed by atoms with Crippen LogP contribution < -0.4 is 0 Å². The molecule has 1 aromatic carbocycles. The molecule has 0 heterocycles. The van der Waals surface area contributed by atoms with Crippen molar-refractivity contribution in [3.8, 4) is 5.75 Å². The van der Waals surface area contributed by atoms with E-state index in [-0.39, 0.29) is 11.5 Å². The Bertz CT molecular complexity index is 922. The Kier molecular flexibility index (Phi) is 11.5. The van der Waals surface area contributed by atoms with Gasteiger partial charge in [-0.05, 0) is 104 Å². The monoisotopic (exact) mass is 557 g/mol. The summed E-state index contributed by atoms with van der Waals surface area (Å²) in [7, 11) is 1.94. The first-order valence-corrected chi connectivity index (χ1v) is 17.3. The van der Waals surface area contributed by atoms with Gasteiger partial charge in [-0.1, -0.05) is 64.9 Å². The molecule has 2 fully saturated rings. The molecule has 6 atom stereocenters. The fraction of sp³-hybridized carbons (Fsp3) is 0.794. The maximum Gasteiger partial charge on any atom is 0.222 e. The summed E-state index contributed by atoms with van der Waals surface area (Å²) in [6, 6.07) is 6.10. The molecule has 2 saturated carbocycles. The van der Waals surface area contributed by atoms with E-state index in [0.717, 1.165) is 45.1 Å². The lowest BCUT2D eigenvalue weighted by Gasteiger charge is -2.52. The molecule has 2 N–H and O–H groups in total. The second-order valence-electron chi connectivity index (χ2n) is 13.2. The highest BCUT2D eigenvalue weighted by atomic mass is 32.2. The summed E-state index contributed by atoms with van der Waals surface area (Å²) in [5.41, 5.74) is 2.93. The summed E-state index contributed by atoms with van der Waals surface area (Å²) in [4.78, 5) is 14.0. The molecule has 4 rings (SSSR count). The highest BCUT2D eigenvalue weighted by molar-refractivity contribution is 7.99. The van der Waals surface area contributed by atoms with Gasteiger partial charge in [0, 0.05) is 25.3 Å². The average molecular weight is 558 g/mol. The molecule has 0 spiro atoms. The number of aliphatic hydroxyl groups is 1. The van der Waals surface area contributed by atoms with Crippen molar-refractivity contribution in [3.63, 3.8) is 0 Å². The van der Waals surface area contributed by atoms with Gasteiger partial charge in [-0.3, -0.25) is 4.79 Å². The van der Waals surface area contributed by atoms with Crippen LogP contribution in [0, 0.1) is 17.3 Å². The second kappa shape index (κ2) is 14.6. The number of aromatic hydroxyl groups is 1. The zero-order chi connectivity index (χ0) is 27.8. The van der Waals surface area contributed by atoms with E-state index in [1.54, 1.807) is 0 Å². The molecule has 3 unspecified atom stereocenters. The molecule has 0 saturated heterocycles. The number of phenols is 1. The Hall–Kier alpha value is -1.20. The lowest BCUT2D eigenvalue weighted by atomic mass is 9.55. The fourth-order valence-corrected chi connectivity index (χ4v) is 9.66. The molecule has 5 heteroatoms. The van der Waals surface area contributed by atoms with Gasteiger partial charge >= 0.3 is 0 Å². The Morgan fingerprint density at radius 3 is 2.49 bits per heavy atom. The topological polar surface area (TPSA) is 60.8 Å². The minimum Gasteiger partial charge on any atom is -0.508 e. The highest BCUT2D eigenvalue weighted by Crippen LogP contribution is 2.62. The number of unbranched alkanes of at least 4 members (excludes halogenated alkanes) is 8. The van der Waals surface area contributed by atoms with Gasteiger partial charge in [0.25, 0.3) is 0 Å². The zero-order valence-corrected chi connectivity index (χ0v) is 25.8. The van der Waals surface area contributed by atoms with Crippen molar-refractivity contribution in [2.75, 3.05) is 19.3 Å². The molecular weight excluding hydrogens is 502 g/mol. The number of benzene rings is 1. The van der Waals surface area contributed by atoms with Crippen LogP contribution in [0.1, 0.15) is 127 Å². The molecule has 3 aliphatic carbocycles. The Morgan fingerprint density at radius 1 is 1.03 bits per heavy atom. The number of carbonyl (C=O) groups excluding carboxylic acids is 1. The Balaban J connectivity index is 1.16. The van der Waals surface area contributed by atoms with E-state index in [2.05, 4.69) is 31.7 Å². The van der Waals surface area contributed by atoms with Crippen molar-refractivity contribution in [2.24, 2.45) is 17.3 Å². The van der Waals surface area contributed by atoms with Crippen LogP contribution in [-0.4, -0.2) is 51.7 Å². The maximum absolute atomic E-state index is 12.1. The molecule has 3 aliphatic rings. The fourth-order valence-electron chi connectivity index (χ4n) is 8.09. The molecule has 1 amide bonds. The Labute approximate surface area is 242 Å². The summed E-state index contributed by atoms with van der Waals surface area (Å²) in [6.45, 7) is 5.43. The van der Waals surface area contributed by atoms with Gasteiger partial charge in [0.05, 0.1) is 6.10 Å². The maximum atomic E-state index is 12.1. The average Bonchev–Trinajstić information content (AvgIpc) is 3.23. The van der Waals surface area contributed by atoms with Crippen LogP contribution in [0.2, 0.25) is 0 Å². The first-order chi connectivity index (χ1) is 18.8. The quantitative estimate of drug-likeness (QED) is 0.214. The Morgan fingerprint density at radius 2 is 1.74 bits per heavy atom. The number of aliphatic hydroxyl groups excluding tert-OH is 1.